The van der Waals surface area contributed by atoms with Gasteiger partial charge in [-0.15, -0.1) is 10.2 Å². The van der Waals surface area contributed by atoms with Gasteiger partial charge in [-0.3, -0.25) is 4.79 Å². The molecule has 5 nitrogen and oxygen atoms in total. The normalized spacial score (nSPS) is 17.9. The van der Waals surface area contributed by atoms with E-state index in [1.54, 1.807) is 35.0 Å². The molecule has 1 atom stereocenters. The standard InChI is InChI=1S/C17H26N4OS3/c1-12(2)10-23-15-19-20-16(25-15)24-13(3)14(22)21(4)17(11-18)8-6-5-7-9-17/h12-13H,5-10H2,1-4H3/t13-/m1/s1. The number of thioether (sulfide) groups is 2. The Morgan fingerprint density at radius 1 is 1.28 bits per heavy atom. The monoisotopic (exact) mass is 398 g/mol. The van der Waals surface area contributed by atoms with Crippen molar-refractivity contribution < 1.29 is 4.79 Å². The number of carbonyl (C=O) groups is 1. The Kier molecular flexibility index (Phi) is 7.59. The van der Waals surface area contributed by atoms with Crippen LogP contribution in [0.25, 0.3) is 0 Å². The van der Waals surface area contributed by atoms with E-state index in [1.807, 2.05) is 6.92 Å². The van der Waals surface area contributed by atoms with Crippen LogP contribution in [0.3, 0.4) is 0 Å². The van der Waals surface area contributed by atoms with Gasteiger partial charge in [-0.05, 0) is 25.7 Å². The summed E-state index contributed by atoms with van der Waals surface area (Å²) in [5.41, 5.74) is -0.635. The molecule has 8 heteroatoms. The minimum Gasteiger partial charge on any atom is -0.326 e. The lowest BCUT2D eigenvalue weighted by molar-refractivity contribution is -0.133. The maximum Gasteiger partial charge on any atom is 0.236 e. The summed E-state index contributed by atoms with van der Waals surface area (Å²) < 4.78 is 1.76. The first-order valence-electron chi connectivity index (χ1n) is 8.70. The molecule has 25 heavy (non-hydrogen) atoms. The van der Waals surface area contributed by atoms with Crippen LogP contribution in [-0.4, -0.2) is 44.6 Å². The van der Waals surface area contributed by atoms with Crippen LogP contribution in [0.4, 0.5) is 0 Å². The zero-order valence-corrected chi connectivity index (χ0v) is 17.8. The number of hydrogen-bond acceptors (Lipinski definition) is 7. The molecular weight excluding hydrogens is 372 g/mol. The van der Waals surface area contributed by atoms with E-state index in [-0.39, 0.29) is 11.2 Å². The molecular formula is C17H26N4OS3. The van der Waals surface area contributed by atoms with E-state index in [0.29, 0.717) is 5.92 Å². The van der Waals surface area contributed by atoms with Crippen LogP contribution in [-0.2, 0) is 4.79 Å². The van der Waals surface area contributed by atoms with Gasteiger partial charge < -0.3 is 4.90 Å². The Balaban J connectivity index is 1.96. The molecule has 1 fully saturated rings. The van der Waals surface area contributed by atoms with Crippen LogP contribution in [0.5, 0.6) is 0 Å². The molecule has 1 aliphatic rings. The van der Waals surface area contributed by atoms with Crippen LogP contribution in [0.15, 0.2) is 8.68 Å². The molecule has 0 bridgehead atoms. The van der Waals surface area contributed by atoms with Gasteiger partial charge in [-0.25, -0.2) is 0 Å². The topological polar surface area (TPSA) is 69.9 Å². The third-order valence-electron chi connectivity index (χ3n) is 4.41. The Labute approximate surface area is 163 Å². The SMILES string of the molecule is CC(C)CSc1nnc(S[C@H](C)C(=O)N(C)C2(C#N)CCCCC2)s1. The molecule has 1 amide bonds. The number of aromatic nitrogens is 2. The summed E-state index contributed by atoms with van der Waals surface area (Å²) in [6.07, 6.45) is 4.73. The lowest BCUT2D eigenvalue weighted by Gasteiger charge is -2.39. The maximum atomic E-state index is 12.8. The number of nitriles is 1. The van der Waals surface area contributed by atoms with Crippen molar-refractivity contribution in [3.05, 3.63) is 0 Å². The van der Waals surface area contributed by atoms with Gasteiger partial charge in [0.1, 0.15) is 5.54 Å². The summed E-state index contributed by atoms with van der Waals surface area (Å²) in [7, 11) is 1.78. The van der Waals surface area contributed by atoms with E-state index < -0.39 is 5.54 Å². The number of nitrogens with zero attached hydrogens (tertiary/aromatic N) is 4. The van der Waals surface area contributed by atoms with E-state index in [2.05, 4.69) is 30.1 Å². The van der Waals surface area contributed by atoms with Crippen molar-refractivity contribution in [2.45, 2.75) is 72.3 Å². The van der Waals surface area contributed by atoms with Crippen LogP contribution < -0.4 is 0 Å². The van der Waals surface area contributed by atoms with Gasteiger partial charge in [0.05, 0.1) is 11.3 Å². The van der Waals surface area contributed by atoms with E-state index in [4.69, 9.17) is 0 Å². The predicted molar refractivity (Wildman–Crippen MR) is 105 cm³/mol. The zero-order chi connectivity index (χ0) is 18.4. The maximum absolute atomic E-state index is 12.8. The van der Waals surface area contributed by atoms with E-state index in [0.717, 1.165) is 46.5 Å². The average molecular weight is 399 g/mol. The van der Waals surface area contributed by atoms with Crippen LogP contribution in [0, 0.1) is 17.2 Å². The highest BCUT2D eigenvalue weighted by molar-refractivity contribution is 8.03. The number of hydrogen-bond donors (Lipinski definition) is 0. The molecule has 1 aliphatic carbocycles. The van der Waals surface area contributed by atoms with Gasteiger partial charge in [0.15, 0.2) is 8.68 Å². The second-order valence-corrected chi connectivity index (χ2v) is 10.7. The number of amides is 1. The van der Waals surface area contributed by atoms with E-state index in [9.17, 15) is 10.1 Å². The minimum atomic E-state index is -0.635. The predicted octanol–water partition coefficient (Wildman–Crippen LogP) is 4.45. The van der Waals surface area contributed by atoms with Crippen molar-refractivity contribution in [1.82, 2.24) is 15.1 Å². The minimum absolute atomic E-state index is 0.0000310. The molecule has 0 saturated heterocycles. The van der Waals surface area contributed by atoms with Gasteiger partial charge in [0.25, 0.3) is 0 Å². The van der Waals surface area contributed by atoms with Crippen LogP contribution >= 0.6 is 34.9 Å². The summed E-state index contributed by atoms with van der Waals surface area (Å²) in [5, 5.41) is 17.8. The average Bonchev–Trinajstić information content (AvgIpc) is 3.06. The summed E-state index contributed by atoms with van der Waals surface area (Å²) in [6.45, 7) is 6.24. The molecule has 0 aliphatic heterocycles. The Morgan fingerprint density at radius 2 is 1.92 bits per heavy atom. The molecule has 0 spiro atoms. The second-order valence-electron chi connectivity index (χ2n) is 6.90. The van der Waals surface area contributed by atoms with Gasteiger partial charge in [0, 0.05) is 12.8 Å². The Hall–Kier alpha value is -0.780. The molecule has 138 valence electrons. The first-order chi connectivity index (χ1) is 11.9. The van der Waals surface area contributed by atoms with Crippen molar-refractivity contribution in [1.29, 1.82) is 5.26 Å². The molecule has 0 radical (unpaired) electrons. The van der Waals surface area contributed by atoms with Gasteiger partial charge in [-0.1, -0.05) is 68.0 Å². The fourth-order valence-corrected chi connectivity index (χ4v) is 6.12. The molecule has 0 aromatic carbocycles. The van der Waals surface area contributed by atoms with Crippen LogP contribution in [0.2, 0.25) is 0 Å². The van der Waals surface area contributed by atoms with Crippen molar-refractivity contribution in [2.24, 2.45) is 5.92 Å². The van der Waals surface area contributed by atoms with Crippen LogP contribution in [0.1, 0.15) is 52.9 Å². The highest BCUT2D eigenvalue weighted by Crippen LogP contribution is 2.36. The van der Waals surface area contributed by atoms with Crippen molar-refractivity contribution in [3.8, 4) is 6.07 Å². The zero-order valence-electron chi connectivity index (χ0n) is 15.3. The summed E-state index contributed by atoms with van der Waals surface area (Å²) in [6, 6.07) is 2.42. The number of rotatable bonds is 7. The largest absolute Gasteiger partial charge is 0.326 e. The van der Waals surface area contributed by atoms with Gasteiger partial charge in [-0.2, -0.15) is 5.26 Å². The molecule has 0 N–H and O–H groups in total. The highest BCUT2D eigenvalue weighted by atomic mass is 32.2. The van der Waals surface area contributed by atoms with E-state index >= 15 is 0 Å². The lowest BCUT2D eigenvalue weighted by Crippen LogP contribution is -2.52. The third-order valence-corrected chi connectivity index (χ3v) is 8.07. The van der Waals surface area contributed by atoms with E-state index in [1.165, 1.54) is 11.8 Å². The molecule has 1 aromatic rings. The molecule has 2 rings (SSSR count). The third kappa shape index (κ3) is 5.35. The Bertz CT molecular complexity index is 620. The fourth-order valence-electron chi connectivity index (χ4n) is 2.89. The quantitative estimate of drug-likeness (QED) is 0.632. The molecule has 1 saturated carbocycles. The van der Waals surface area contributed by atoms with Crippen molar-refractivity contribution in [3.63, 3.8) is 0 Å². The first kappa shape index (κ1) is 20.5. The number of carbonyl (C=O) groups excluding carboxylic acids is 1. The van der Waals surface area contributed by atoms with Crippen molar-refractivity contribution in [2.75, 3.05) is 12.8 Å². The second kappa shape index (κ2) is 9.24. The molecule has 1 aromatic heterocycles. The first-order valence-corrected chi connectivity index (χ1v) is 11.4. The lowest BCUT2D eigenvalue weighted by atomic mass is 9.81. The Morgan fingerprint density at radius 3 is 2.52 bits per heavy atom. The fraction of sp³-hybridized carbons (Fsp3) is 0.765. The van der Waals surface area contributed by atoms with Gasteiger partial charge >= 0.3 is 0 Å². The summed E-state index contributed by atoms with van der Waals surface area (Å²) in [4.78, 5) is 14.5. The van der Waals surface area contributed by atoms with Gasteiger partial charge in [0.2, 0.25) is 5.91 Å². The summed E-state index contributed by atoms with van der Waals surface area (Å²) in [5.74, 6) is 1.62. The van der Waals surface area contributed by atoms with Crippen molar-refractivity contribution >= 4 is 40.8 Å². The smallest absolute Gasteiger partial charge is 0.236 e. The summed E-state index contributed by atoms with van der Waals surface area (Å²) >= 11 is 4.69. The molecule has 0 unspecified atom stereocenters. The highest BCUT2D eigenvalue weighted by Gasteiger charge is 2.40. The molecule has 1 heterocycles.